The van der Waals surface area contributed by atoms with Crippen LogP contribution in [0.1, 0.15) is 17.0 Å². The van der Waals surface area contributed by atoms with Gasteiger partial charge in [0.05, 0.1) is 18.6 Å². The lowest BCUT2D eigenvalue weighted by atomic mass is 10.2. The number of nitrogens with two attached hydrogens (primary N) is 1. The predicted octanol–water partition coefficient (Wildman–Crippen LogP) is 1.40. The van der Waals surface area contributed by atoms with Crippen molar-refractivity contribution in [3.63, 3.8) is 0 Å². The second-order valence-electron chi connectivity index (χ2n) is 3.61. The summed E-state index contributed by atoms with van der Waals surface area (Å²) in [5.74, 6) is -0.520. The van der Waals surface area contributed by atoms with Gasteiger partial charge >= 0.3 is 0 Å². The largest absolute Gasteiger partial charge is 0.396 e. The molecule has 0 aliphatic rings. The van der Waals surface area contributed by atoms with Crippen molar-refractivity contribution in [2.45, 2.75) is 6.54 Å². The first kappa shape index (κ1) is 11.6. The van der Waals surface area contributed by atoms with Crippen LogP contribution in [0.2, 0.25) is 0 Å². The number of anilines is 1. The fraction of sp³-hybridized carbons (Fsp3) is 0.0833. The second-order valence-corrected chi connectivity index (χ2v) is 3.61. The highest BCUT2D eigenvalue weighted by molar-refractivity contribution is 5.43. The molecule has 5 nitrogen and oxygen atoms in total. The number of nitriles is 2. The molecule has 2 N–H and O–H groups in total. The molecule has 0 amide bonds. The van der Waals surface area contributed by atoms with Crippen molar-refractivity contribution >= 4 is 5.69 Å². The van der Waals surface area contributed by atoms with Crippen molar-refractivity contribution in [3.05, 3.63) is 47.3 Å². The maximum atomic E-state index is 13.7. The Bertz CT molecular complexity index is 675. The van der Waals surface area contributed by atoms with Gasteiger partial charge in [0.25, 0.3) is 0 Å². The fourth-order valence-electron chi connectivity index (χ4n) is 1.61. The monoisotopic (exact) mass is 241 g/mol. The van der Waals surface area contributed by atoms with Crippen LogP contribution in [0.4, 0.5) is 10.1 Å². The third kappa shape index (κ3) is 1.87. The van der Waals surface area contributed by atoms with Gasteiger partial charge in [-0.2, -0.15) is 10.5 Å². The van der Waals surface area contributed by atoms with E-state index in [2.05, 4.69) is 4.98 Å². The van der Waals surface area contributed by atoms with E-state index in [4.69, 9.17) is 16.3 Å². The Hall–Kier alpha value is -2.86. The molecule has 2 rings (SSSR count). The van der Waals surface area contributed by atoms with E-state index >= 15 is 0 Å². The van der Waals surface area contributed by atoms with Gasteiger partial charge in [-0.1, -0.05) is 12.1 Å². The standard InChI is InChI=1S/C12H8FN5/c13-12-8(2-1-3-9(12)16)6-18-7-17-10(4-14)11(18)5-15/h1-3,7H,6,16H2. The number of hydrogen-bond donors (Lipinski definition) is 1. The lowest BCUT2D eigenvalue weighted by molar-refractivity contribution is 0.603. The topological polar surface area (TPSA) is 91.4 Å². The first-order valence-electron chi connectivity index (χ1n) is 5.05. The van der Waals surface area contributed by atoms with Gasteiger partial charge in [-0.05, 0) is 6.07 Å². The SMILES string of the molecule is N#Cc1ncn(Cc2cccc(N)c2F)c1C#N. The van der Waals surface area contributed by atoms with Gasteiger partial charge in [0.2, 0.25) is 0 Å². The number of hydrogen-bond acceptors (Lipinski definition) is 4. The molecule has 0 radical (unpaired) electrons. The maximum Gasteiger partial charge on any atom is 0.176 e. The molecule has 2 aromatic rings. The highest BCUT2D eigenvalue weighted by atomic mass is 19.1. The maximum absolute atomic E-state index is 13.7. The summed E-state index contributed by atoms with van der Waals surface area (Å²) < 4.78 is 15.1. The molecular formula is C12H8FN5. The molecule has 0 unspecified atom stereocenters. The zero-order chi connectivity index (χ0) is 13.1. The Morgan fingerprint density at radius 3 is 2.78 bits per heavy atom. The Morgan fingerprint density at radius 1 is 1.33 bits per heavy atom. The third-order valence-electron chi connectivity index (χ3n) is 2.50. The molecule has 0 atom stereocenters. The smallest absolute Gasteiger partial charge is 0.176 e. The molecule has 88 valence electrons. The minimum Gasteiger partial charge on any atom is -0.396 e. The van der Waals surface area contributed by atoms with Gasteiger partial charge in [-0.15, -0.1) is 0 Å². The number of nitrogens with zero attached hydrogens (tertiary/aromatic N) is 4. The van der Waals surface area contributed by atoms with E-state index in [0.29, 0.717) is 5.56 Å². The van der Waals surface area contributed by atoms with E-state index in [-0.39, 0.29) is 23.6 Å². The number of rotatable bonds is 2. The van der Waals surface area contributed by atoms with Crippen LogP contribution in [0, 0.1) is 28.5 Å². The van der Waals surface area contributed by atoms with Crippen molar-refractivity contribution in [2.24, 2.45) is 0 Å². The zero-order valence-electron chi connectivity index (χ0n) is 9.26. The predicted molar refractivity (Wildman–Crippen MR) is 61.6 cm³/mol. The summed E-state index contributed by atoms with van der Waals surface area (Å²) in [7, 11) is 0. The number of benzene rings is 1. The average molecular weight is 241 g/mol. The Morgan fingerprint density at radius 2 is 2.11 bits per heavy atom. The van der Waals surface area contributed by atoms with Crippen LogP contribution in [0.15, 0.2) is 24.5 Å². The lowest BCUT2D eigenvalue weighted by Gasteiger charge is -2.06. The van der Waals surface area contributed by atoms with Crippen LogP contribution in [0.25, 0.3) is 0 Å². The number of halogens is 1. The number of aromatic nitrogens is 2. The molecule has 1 aromatic heterocycles. The Balaban J connectivity index is 2.42. The summed E-state index contributed by atoms with van der Waals surface area (Å²) in [5.41, 5.74) is 5.99. The first-order valence-corrected chi connectivity index (χ1v) is 5.05. The minimum atomic E-state index is -0.520. The van der Waals surface area contributed by atoms with E-state index in [1.165, 1.54) is 17.0 Å². The van der Waals surface area contributed by atoms with Gasteiger partial charge in [-0.25, -0.2) is 9.37 Å². The van der Waals surface area contributed by atoms with Crippen LogP contribution in [-0.2, 0) is 6.54 Å². The summed E-state index contributed by atoms with van der Waals surface area (Å²) in [4.78, 5) is 3.78. The fourth-order valence-corrected chi connectivity index (χ4v) is 1.61. The van der Waals surface area contributed by atoms with Crippen molar-refractivity contribution < 1.29 is 4.39 Å². The van der Waals surface area contributed by atoms with Crippen LogP contribution in [0.3, 0.4) is 0 Å². The molecule has 0 saturated carbocycles. The van der Waals surface area contributed by atoms with Crippen LogP contribution >= 0.6 is 0 Å². The Labute approximate surface area is 103 Å². The van der Waals surface area contributed by atoms with Crippen molar-refractivity contribution in [1.29, 1.82) is 10.5 Å². The molecule has 1 heterocycles. The van der Waals surface area contributed by atoms with Crippen molar-refractivity contribution in [2.75, 3.05) is 5.73 Å². The summed E-state index contributed by atoms with van der Waals surface area (Å²) in [6, 6.07) is 8.33. The lowest BCUT2D eigenvalue weighted by Crippen LogP contribution is -2.05. The van der Waals surface area contributed by atoms with Crippen LogP contribution in [0.5, 0.6) is 0 Å². The van der Waals surface area contributed by atoms with E-state index in [1.807, 2.05) is 6.07 Å². The zero-order valence-corrected chi connectivity index (χ0v) is 9.26. The number of nitrogen functional groups attached to an aromatic ring is 1. The molecule has 18 heavy (non-hydrogen) atoms. The summed E-state index contributed by atoms with van der Waals surface area (Å²) in [5, 5.41) is 17.7. The van der Waals surface area contributed by atoms with E-state index in [0.717, 1.165) is 0 Å². The number of imidazole rings is 1. The van der Waals surface area contributed by atoms with Crippen molar-refractivity contribution in [3.8, 4) is 12.1 Å². The van der Waals surface area contributed by atoms with Crippen LogP contribution < -0.4 is 5.73 Å². The third-order valence-corrected chi connectivity index (χ3v) is 2.50. The summed E-state index contributed by atoms with van der Waals surface area (Å²) >= 11 is 0. The van der Waals surface area contributed by atoms with Crippen molar-refractivity contribution in [1.82, 2.24) is 9.55 Å². The molecule has 0 saturated heterocycles. The van der Waals surface area contributed by atoms with E-state index < -0.39 is 5.82 Å². The van der Waals surface area contributed by atoms with E-state index in [9.17, 15) is 4.39 Å². The molecule has 0 fully saturated rings. The van der Waals surface area contributed by atoms with Crippen LogP contribution in [-0.4, -0.2) is 9.55 Å². The van der Waals surface area contributed by atoms with Gasteiger partial charge in [-0.3, -0.25) is 0 Å². The van der Waals surface area contributed by atoms with E-state index in [1.54, 1.807) is 18.2 Å². The highest BCUT2D eigenvalue weighted by Crippen LogP contribution is 2.17. The molecule has 0 spiro atoms. The second kappa shape index (κ2) is 4.56. The van der Waals surface area contributed by atoms with Gasteiger partial charge < -0.3 is 10.3 Å². The molecular weight excluding hydrogens is 233 g/mol. The first-order chi connectivity index (χ1) is 8.67. The highest BCUT2D eigenvalue weighted by Gasteiger charge is 2.12. The molecule has 0 aliphatic heterocycles. The summed E-state index contributed by atoms with van der Waals surface area (Å²) in [6.45, 7) is 0.106. The Kier molecular flexibility index (Phi) is 2.94. The quantitative estimate of drug-likeness (QED) is 0.804. The summed E-state index contributed by atoms with van der Waals surface area (Å²) in [6.07, 6.45) is 1.33. The average Bonchev–Trinajstić information content (AvgIpc) is 2.77. The molecule has 0 bridgehead atoms. The van der Waals surface area contributed by atoms with Gasteiger partial charge in [0.15, 0.2) is 17.2 Å². The normalized spacial score (nSPS) is 9.72. The molecule has 6 heteroatoms. The van der Waals surface area contributed by atoms with Gasteiger partial charge in [0.1, 0.15) is 12.1 Å². The molecule has 0 aliphatic carbocycles. The van der Waals surface area contributed by atoms with Gasteiger partial charge in [0, 0.05) is 5.56 Å². The molecule has 1 aromatic carbocycles. The minimum absolute atomic E-state index is 0.0295.